The maximum atomic E-state index is 5.35. The first kappa shape index (κ1) is 14.9. The third kappa shape index (κ3) is 4.01. The molecule has 0 fully saturated rings. The summed E-state index contributed by atoms with van der Waals surface area (Å²) in [7, 11) is 0. The molecule has 0 radical (unpaired) electrons. The Bertz CT molecular complexity index is 537. The fourth-order valence-corrected chi connectivity index (χ4v) is 2.86. The highest BCUT2D eigenvalue weighted by atomic mass is 32.2. The average Bonchev–Trinajstić information content (AvgIpc) is 2.87. The van der Waals surface area contributed by atoms with E-state index in [1.165, 1.54) is 23.3 Å². The van der Waals surface area contributed by atoms with Crippen LogP contribution in [0.25, 0.3) is 0 Å². The molecule has 0 spiro atoms. The first-order valence-corrected chi connectivity index (χ1v) is 7.97. The lowest BCUT2D eigenvalue weighted by Gasteiger charge is -2.06. The van der Waals surface area contributed by atoms with Gasteiger partial charge in [-0.3, -0.25) is 0 Å². The Kier molecular flexibility index (Phi) is 5.48. The molecule has 20 heavy (non-hydrogen) atoms. The summed E-state index contributed by atoms with van der Waals surface area (Å²) in [5.41, 5.74) is 0. The molecule has 0 aliphatic heterocycles. The molecule has 1 N–H and O–H groups in total. The number of rotatable bonds is 7. The molecule has 7 nitrogen and oxygen atoms in total. The summed E-state index contributed by atoms with van der Waals surface area (Å²) in [5.74, 6) is 1.34. The maximum absolute atomic E-state index is 5.35. The summed E-state index contributed by atoms with van der Waals surface area (Å²) < 4.78 is 10.4. The van der Waals surface area contributed by atoms with Gasteiger partial charge in [0.2, 0.25) is 11.1 Å². The molecule has 0 amide bonds. The Labute approximate surface area is 125 Å². The molecule has 0 unspecified atom stereocenters. The van der Waals surface area contributed by atoms with E-state index in [9.17, 15) is 0 Å². The smallest absolute Gasteiger partial charge is 0.322 e. The minimum Gasteiger partial charge on any atom is -0.464 e. The van der Waals surface area contributed by atoms with E-state index in [0.29, 0.717) is 23.7 Å². The summed E-state index contributed by atoms with van der Waals surface area (Å²) in [6.45, 7) is 7.14. The van der Waals surface area contributed by atoms with Crippen LogP contribution in [0.4, 0.5) is 5.95 Å². The van der Waals surface area contributed by atoms with E-state index < -0.39 is 0 Å². The molecule has 2 aromatic rings. The van der Waals surface area contributed by atoms with Gasteiger partial charge in [-0.05, 0) is 37.1 Å². The van der Waals surface area contributed by atoms with Gasteiger partial charge in [0, 0.05) is 13.0 Å². The molecular weight excluding hydrogens is 296 g/mol. The quantitative estimate of drug-likeness (QED) is 0.833. The monoisotopic (exact) mass is 312 g/mol. The van der Waals surface area contributed by atoms with Gasteiger partial charge >= 0.3 is 6.01 Å². The zero-order valence-electron chi connectivity index (χ0n) is 11.6. The third-order valence-electron chi connectivity index (χ3n) is 2.15. The number of hydrogen-bond donors (Lipinski definition) is 1. The van der Waals surface area contributed by atoms with Gasteiger partial charge in [0.05, 0.1) is 6.61 Å². The standard InChI is InChI=1S/C11H16N6OS2/c1-4-7-13-11(20-17-7)19-10-15-8(12-5-2)14-9(16-10)18-6-3/h4-6H2,1-3H3,(H,12,14,15,16). The number of anilines is 1. The molecule has 2 rings (SSSR count). The molecule has 0 saturated carbocycles. The van der Waals surface area contributed by atoms with Crippen LogP contribution in [0.2, 0.25) is 0 Å². The van der Waals surface area contributed by atoms with Crippen LogP contribution in [0.3, 0.4) is 0 Å². The van der Waals surface area contributed by atoms with E-state index in [1.807, 2.05) is 20.8 Å². The average molecular weight is 312 g/mol. The Morgan fingerprint density at radius 1 is 1.15 bits per heavy atom. The van der Waals surface area contributed by atoms with Crippen LogP contribution in [0.5, 0.6) is 6.01 Å². The molecule has 2 aromatic heterocycles. The summed E-state index contributed by atoms with van der Waals surface area (Å²) in [4.78, 5) is 17.1. The largest absolute Gasteiger partial charge is 0.464 e. The normalized spacial score (nSPS) is 10.6. The van der Waals surface area contributed by atoms with E-state index in [0.717, 1.165) is 23.1 Å². The predicted octanol–water partition coefficient (Wildman–Crippen LogP) is 2.27. The van der Waals surface area contributed by atoms with Crippen LogP contribution in [0.15, 0.2) is 9.50 Å². The number of aromatic nitrogens is 5. The fourth-order valence-electron chi connectivity index (χ4n) is 1.32. The van der Waals surface area contributed by atoms with E-state index in [-0.39, 0.29) is 0 Å². The third-order valence-corrected chi connectivity index (χ3v) is 3.80. The lowest BCUT2D eigenvalue weighted by atomic mass is 10.5. The second-order valence-corrected chi connectivity index (χ2v) is 5.59. The van der Waals surface area contributed by atoms with Crippen molar-refractivity contribution in [3.63, 3.8) is 0 Å². The minimum atomic E-state index is 0.321. The van der Waals surface area contributed by atoms with Gasteiger partial charge in [0.1, 0.15) is 5.82 Å². The van der Waals surface area contributed by atoms with Crippen molar-refractivity contribution in [2.24, 2.45) is 0 Å². The summed E-state index contributed by atoms with van der Waals surface area (Å²) >= 11 is 2.71. The molecule has 0 saturated heterocycles. The van der Waals surface area contributed by atoms with Gasteiger partial charge in [-0.25, -0.2) is 4.98 Å². The summed E-state index contributed by atoms with van der Waals surface area (Å²) in [6, 6.07) is 0.321. The van der Waals surface area contributed by atoms with Gasteiger partial charge in [-0.15, -0.1) is 0 Å². The van der Waals surface area contributed by atoms with E-state index in [1.54, 1.807) is 0 Å². The van der Waals surface area contributed by atoms with Crippen molar-refractivity contribution in [3.8, 4) is 6.01 Å². The number of nitrogens with zero attached hydrogens (tertiary/aromatic N) is 5. The van der Waals surface area contributed by atoms with Crippen molar-refractivity contribution in [3.05, 3.63) is 5.82 Å². The molecule has 0 aliphatic carbocycles. The molecule has 108 valence electrons. The van der Waals surface area contributed by atoms with Crippen LogP contribution >= 0.6 is 23.3 Å². The highest BCUT2D eigenvalue weighted by molar-refractivity contribution is 8.00. The topological polar surface area (TPSA) is 85.7 Å². The second kappa shape index (κ2) is 7.34. The van der Waals surface area contributed by atoms with Crippen LogP contribution in [-0.4, -0.2) is 37.5 Å². The van der Waals surface area contributed by atoms with Gasteiger partial charge < -0.3 is 10.1 Å². The van der Waals surface area contributed by atoms with Crippen LogP contribution < -0.4 is 10.1 Å². The second-order valence-electron chi connectivity index (χ2n) is 3.62. The maximum Gasteiger partial charge on any atom is 0.322 e. The molecule has 9 heteroatoms. The van der Waals surface area contributed by atoms with Crippen molar-refractivity contribution in [2.45, 2.75) is 36.7 Å². The molecule has 0 aliphatic rings. The van der Waals surface area contributed by atoms with Gasteiger partial charge in [0.15, 0.2) is 4.34 Å². The minimum absolute atomic E-state index is 0.321. The summed E-state index contributed by atoms with van der Waals surface area (Å²) in [5, 5.41) is 3.61. The highest BCUT2D eigenvalue weighted by Crippen LogP contribution is 2.27. The van der Waals surface area contributed by atoms with Crippen molar-refractivity contribution < 1.29 is 4.74 Å². The van der Waals surface area contributed by atoms with Crippen molar-refractivity contribution in [1.82, 2.24) is 24.3 Å². The van der Waals surface area contributed by atoms with Crippen LogP contribution in [-0.2, 0) is 6.42 Å². The zero-order chi connectivity index (χ0) is 14.4. The predicted molar refractivity (Wildman–Crippen MR) is 78.6 cm³/mol. The van der Waals surface area contributed by atoms with Gasteiger partial charge in [-0.2, -0.15) is 19.3 Å². The van der Waals surface area contributed by atoms with Crippen molar-refractivity contribution in [2.75, 3.05) is 18.5 Å². The molecule has 2 heterocycles. The Balaban J connectivity index is 2.20. The Morgan fingerprint density at radius 3 is 2.65 bits per heavy atom. The molecule has 0 aromatic carbocycles. The Morgan fingerprint density at radius 2 is 2.00 bits per heavy atom. The molecular formula is C11H16N6OS2. The first-order chi connectivity index (χ1) is 9.75. The highest BCUT2D eigenvalue weighted by Gasteiger charge is 2.11. The number of hydrogen-bond acceptors (Lipinski definition) is 9. The molecule has 0 atom stereocenters. The molecule has 0 bridgehead atoms. The van der Waals surface area contributed by atoms with E-state index in [4.69, 9.17) is 4.74 Å². The number of ether oxygens (including phenoxy) is 1. The van der Waals surface area contributed by atoms with Crippen molar-refractivity contribution in [1.29, 1.82) is 0 Å². The SMILES string of the molecule is CCNc1nc(OCC)nc(Sc2nc(CC)ns2)n1. The van der Waals surface area contributed by atoms with Crippen LogP contribution in [0.1, 0.15) is 26.6 Å². The number of aryl methyl sites for hydroxylation is 1. The van der Waals surface area contributed by atoms with Crippen molar-refractivity contribution >= 4 is 29.2 Å². The lowest BCUT2D eigenvalue weighted by molar-refractivity contribution is 0.308. The Hall–Kier alpha value is -1.48. The van der Waals surface area contributed by atoms with Gasteiger partial charge in [0.25, 0.3) is 0 Å². The van der Waals surface area contributed by atoms with Gasteiger partial charge in [-0.1, -0.05) is 6.92 Å². The number of nitrogens with one attached hydrogen (secondary N) is 1. The fraction of sp³-hybridized carbons (Fsp3) is 0.545. The van der Waals surface area contributed by atoms with E-state index in [2.05, 4.69) is 29.6 Å². The van der Waals surface area contributed by atoms with Crippen LogP contribution in [0, 0.1) is 0 Å². The first-order valence-electron chi connectivity index (χ1n) is 6.38. The zero-order valence-corrected chi connectivity index (χ0v) is 13.2. The summed E-state index contributed by atoms with van der Waals surface area (Å²) in [6.07, 6.45) is 0.821. The lowest BCUT2D eigenvalue weighted by Crippen LogP contribution is -2.07. The van der Waals surface area contributed by atoms with E-state index >= 15 is 0 Å².